The van der Waals surface area contributed by atoms with Gasteiger partial charge in [-0.25, -0.2) is 0 Å². The van der Waals surface area contributed by atoms with Crippen LogP contribution >= 0.6 is 0 Å². The highest BCUT2D eigenvalue weighted by Gasteiger charge is 2.79. The first-order chi connectivity index (χ1) is 14.6. The molecule has 156 valence electrons. The molecule has 6 atom stereocenters. The maximum Gasteiger partial charge on any atom is 0.166 e. The Bertz CT molecular complexity index is 1030. The fourth-order valence-electron chi connectivity index (χ4n) is 8.08. The van der Waals surface area contributed by atoms with Crippen LogP contribution in [0.2, 0.25) is 0 Å². The summed E-state index contributed by atoms with van der Waals surface area (Å²) in [6.07, 6.45) is 10.2. The van der Waals surface area contributed by atoms with Crippen LogP contribution in [-0.4, -0.2) is 50.0 Å². The van der Waals surface area contributed by atoms with Crippen LogP contribution < -0.4 is 9.47 Å². The molecule has 5 nitrogen and oxygen atoms in total. The lowest BCUT2D eigenvalue weighted by Crippen LogP contribution is -2.79. The number of hydrogen-bond acceptors (Lipinski definition) is 5. The molecule has 5 heteroatoms. The predicted octanol–water partition coefficient (Wildman–Crippen LogP) is 3.22. The van der Waals surface area contributed by atoms with Crippen molar-refractivity contribution in [2.45, 2.75) is 55.3 Å². The lowest BCUT2D eigenvalue weighted by atomic mass is 9.37. The Morgan fingerprint density at radius 1 is 1.27 bits per heavy atom. The van der Waals surface area contributed by atoms with Crippen molar-refractivity contribution >= 4 is 0 Å². The third-order valence-electron chi connectivity index (χ3n) is 9.47. The van der Waals surface area contributed by atoms with Gasteiger partial charge in [-0.15, -0.1) is 0 Å². The number of benzene rings is 1. The van der Waals surface area contributed by atoms with Gasteiger partial charge in [-0.3, -0.25) is 4.90 Å². The molecule has 0 N–H and O–H groups in total. The van der Waals surface area contributed by atoms with Gasteiger partial charge in [0, 0.05) is 30.7 Å². The van der Waals surface area contributed by atoms with Crippen LogP contribution in [0.3, 0.4) is 0 Å². The summed E-state index contributed by atoms with van der Waals surface area (Å²) in [6, 6.07) is 7.38. The molecule has 2 saturated carbocycles. The minimum atomic E-state index is -0.696. The van der Waals surface area contributed by atoms with E-state index in [1.54, 1.807) is 14.2 Å². The van der Waals surface area contributed by atoms with Crippen molar-refractivity contribution in [3.8, 4) is 17.6 Å². The molecule has 2 heterocycles. The van der Waals surface area contributed by atoms with Crippen LogP contribution in [-0.2, 0) is 16.6 Å². The van der Waals surface area contributed by atoms with E-state index >= 15 is 0 Å². The first kappa shape index (κ1) is 17.6. The van der Waals surface area contributed by atoms with Crippen molar-refractivity contribution in [1.29, 1.82) is 5.26 Å². The van der Waals surface area contributed by atoms with E-state index in [0.717, 1.165) is 43.2 Å². The Morgan fingerprint density at radius 2 is 2.13 bits per heavy atom. The fourth-order valence-corrected chi connectivity index (χ4v) is 8.08. The van der Waals surface area contributed by atoms with Crippen molar-refractivity contribution in [3.05, 3.63) is 35.4 Å². The second-order valence-electron chi connectivity index (χ2n) is 10.3. The molecule has 0 amide bonds. The second-order valence-corrected chi connectivity index (χ2v) is 10.3. The van der Waals surface area contributed by atoms with Crippen LogP contribution in [0.1, 0.15) is 36.8 Å². The van der Waals surface area contributed by atoms with Crippen molar-refractivity contribution in [2.75, 3.05) is 27.3 Å². The summed E-state index contributed by atoms with van der Waals surface area (Å²) in [5, 5.41) is 10.2. The maximum atomic E-state index is 10.2. The molecular formula is C25H28N2O3. The molecular weight excluding hydrogens is 376 g/mol. The summed E-state index contributed by atoms with van der Waals surface area (Å²) in [5.74, 6) is 2.38. The van der Waals surface area contributed by atoms with Gasteiger partial charge in [0.15, 0.2) is 11.5 Å². The summed E-state index contributed by atoms with van der Waals surface area (Å²) in [4.78, 5) is 2.76. The van der Waals surface area contributed by atoms with Gasteiger partial charge in [0.1, 0.15) is 11.7 Å². The molecule has 0 radical (unpaired) electrons. The SMILES string of the molecule is COc1ccc2c3c1O[C@H]1[C@@]4(OC)C=C[C@@]5(C[C@H]4C#N)[C@@H](C2)N(CC2CC2)CC[C@]315. The summed E-state index contributed by atoms with van der Waals surface area (Å²) >= 11 is 0. The molecule has 2 aliphatic heterocycles. The third kappa shape index (κ3) is 1.69. The number of hydrogen-bond donors (Lipinski definition) is 0. The molecule has 8 rings (SSSR count). The van der Waals surface area contributed by atoms with Crippen LogP contribution in [0.5, 0.6) is 11.5 Å². The van der Waals surface area contributed by atoms with Gasteiger partial charge in [-0.05, 0) is 56.2 Å². The standard InChI is InChI=1S/C25H28N2O3/c1-28-18-6-5-16-11-19-23-7-8-25(29-2,17(12-23)13-26)22-24(23,20(16)21(18)30-22)9-10-27(19)14-15-3-4-15/h5-8,15,17,19,22H,3-4,9-12,14H2,1-2H3/t17-,19+,22+,23+,24-,25+/m0/s1. The van der Waals surface area contributed by atoms with Crippen LogP contribution in [0, 0.1) is 28.6 Å². The molecule has 0 aromatic heterocycles. The van der Waals surface area contributed by atoms with Gasteiger partial charge in [0.05, 0.1) is 24.5 Å². The second kappa shape index (κ2) is 5.41. The molecule has 1 aromatic carbocycles. The summed E-state index contributed by atoms with van der Waals surface area (Å²) in [7, 11) is 3.47. The summed E-state index contributed by atoms with van der Waals surface area (Å²) < 4.78 is 18.7. The zero-order valence-corrected chi connectivity index (χ0v) is 17.7. The maximum absolute atomic E-state index is 10.2. The number of rotatable bonds is 4. The molecule has 1 aromatic rings. The first-order valence-corrected chi connectivity index (χ1v) is 11.4. The van der Waals surface area contributed by atoms with Crippen LogP contribution in [0.15, 0.2) is 24.3 Å². The number of ether oxygens (including phenoxy) is 3. The largest absolute Gasteiger partial charge is 0.493 e. The molecule has 5 aliphatic carbocycles. The molecule has 0 unspecified atom stereocenters. The van der Waals surface area contributed by atoms with Crippen molar-refractivity contribution in [1.82, 2.24) is 4.90 Å². The van der Waals surface area contributed by atoms with Gasteiger partial charge in [-0.1, -0.05) is 18.2 Å². The number of fused-ring (bicyclic) bond motifs is 1. The molecule has 2 spiro atoms. The van der Waals surface area contributed by atoms with E-state index in [4.69, 9.17) is 14.2 Å². The topological polar surface area (TPSA) is 54.7 Å². The number of piperidine rings is 1. The normalized spacial score (nSPS) is 44.4. The number of likely N-dealkylation sites (tertiary alicyclic amines) is 1. The third-order valence-corrected chi connectivity index (χ3v) is 9.47. The molecule has 4 bridgehead atoms. The van der Waals surface area contributed by atoms with Crippen molar-refractivity contribution in [3.63, 3.8) is 0 Å². The average molecular weight is 405 g/mol. The highest BCUT2D eigenvalue weighted by atomic mass is 16.6. The van der Waals surface area contributed by atoms with Crippen LogP contribution in [0.25, 0.3) is 0 Å². The highest BCUT2D eigenvalue weighted by molar-refractivity contribution is 5.65. The van der Waals surface area contributed by atoms with E-state index in [-0.39, 0.29) is 22.9 Å². The van der Waals surface area contributed by atoms with Gasteiger partial charge in [0.2, 0.25) is 0 Å². The Hall–Kier alpha value is -2.03. The van der Waals surface area contributed by atoms with Crippen LogP contribution in [0.4, 0.5) is 0 Å². The molecule has 1 saturated heterocycles. The quantitative estimate of drug-likeness (QED) is 0.722. The predicted molar refractivity (Wildman–Crippen MR) is 111 cm³/mol. The number of methoxy groups -OCH3 is 2. The average Bonchev–Trinajstić information content (AvgIpc) is 3.52. The first-order valence-electron chi connectivity index (χ1n) is 11.4. The van der Waals surface area contributed by atoms with E-state index < -0.39 is 5.60 Å². The van der Waals surface area contributed by atoms with Crippen molar-refractivity contribution in [2.24, 2.45) is 17.3 Å². The van der Waals surface area contributed by atoms with E-state index in [1.165, 1.54) is 30.5 Å². The Morgan fingerprint density at radius 3 is 2.87 bits per heavy atom. The zero-order chi connectivity index (χ0) is 20.3. The molecule has 30 heavy (non-hydrogen) atoms. The fraction of sp³-hybridized carbons (Fsp3) is 0.640. The summed E-state index contributed by atoms with van der Waals surface area (Å²) in [6.45, 7) is 2.30. The Balaban J connectivity index is 1.51. The monoisotopic (exact) mass is 404 g/mol. The Labute approximate surface area is 177 Å². The summed E-state index contributed by atoms with van der Waals surface area (Å²) in [5.41, 5.74) is 1.86. The smallest absolute Gasteiger partial charge is 0.166 e. The molecule has 3 fully saturated rings. The minimum Gasteiger partial charge on any atom is -0.493 e. The van der Waals surface area contributed by atoms with Crippen molar-refractivity contribution < 1.29 is 14.2 Å². The number of nitriles is 1. The lowest BCUT2D eigenvalue weighted by Gasteiger charge is -2.70. The van der Waals surface area contributed by atoms with E-state index in [2.05, 4.69) is 35.3 Å². The highest BCUT2D eigenvalue weighted by Crippen LogP contribution is 2.74. The lowest BCUT2D eigenvalue weighted by molar-refractivity contribution is -0.205. The van der Waals surface area contributed by atoms with Gasteiger partial charge >= 0.3 is 0 Å². The zero-order valence-electron chi connectivity index (χ0n) is 17.7. The van der Waals surface area contributed by atoms with Gasteiger partial charge in [0.25, 0.3) is 0 Å². The minimum absolute atomic E-state index is 0.0733. The molecule has 7 aliphatic rings. The van der Waals surface area contributed by atoms with Gasteiger partial charge < -0.3 is 14.2 Å². The number of nitrogens with zero attached hydrogens (tertiary/aromatic N) is 2. The van der Waals surface area contributed by atoms with Gasteiger partial charge in [-0.2, -0.15) is 5.26 Å². The Kier molecular flexibility index (Phi) is 3.18. The van der Waals surface area contributed by atoms with E-state index in [1.807, 2.05) is 0 Å². The van der Waals surface area contributed by atoms with E-state index in [0.29, 0.717) is 6.04 Å². The van der Waals surface area contributed by atoms with E-state index in [9.17, 15) is 5.26 Å².